The quantitative estimate of drug-likeness (QED) is 0.751. The van der Waals surface area contributed by atoms with E-state index >= 15 is 0 Å². The van der Waals surface area contributed by atoms with Gasteiger partial charge >= 0.3 is 0 Å². The van der Waals surface area contributed by atoms with Crippen LogP contribution in [-0.2, 0) is 9.47 Å². The molecule has 0 aromatic carbocycles. The SMILES string of the molecule is CC1CCCCC1OCC(O)CNC(C)C1CCOC1. The third kappa shape index (κ3) is 4.99. The van der Waals surface area contributed by atoms with Crippen LogP contribution in [0.25, 0.3) is 0 Å². The van der Waals surface area contributed by atoms with E-state index in [0.29, 0.717) is 37.1 Å². The van der Waals surface area contributed by atoms with Crippen molar-refractivity contribution >= 4 is 0 Å². The first-order chi connectivity index (χ1) is 9.66. The molecule has 20 heavy (non-hydrogen) atoms. The highest BCUT2D eigenvalue weighted by Crippen LogP contribution is 2.26. The molecule has 5 atom stereocenters. The van der Waals surface area contributed by atoms with Crippen LogP contribution in [0.5, 0.6) is 0 Å². The number of nitrogens with one attached hydrogen (secondary N) is 1. The summed E-state index contributed by atoms with van der Waals surface area (Å²) in [4.78, 5) is 0. The maximum absolute atomic E-state index is 10.0. The van der Waals surface area contributed by atoms with Crippen LogP contribution in [0.15, 0.2) is 0 Å². The van der Waals surface area contributed by atoms with Crippen LogP contribution in [0.2, 0.25) is 0 Å². The molecule has 2 rings (SSSR count). The van der Waals surface area contributed by atoms with Gasteiger partial charge in [0.05, 0.1) is 25.4 Å². The van der Waals surface area contributed by atoms with Crippen LogP contribution in [0.1, 0.15) is 46.0 Å². The maximum Gasteiger partial charge on any atom is 0.0897 e. The summed E-state index contributed by atoms with van der Waals surface area (Å²) in [6, 6.07) is 0.403. The Morgan fingerprint density at radius 3 is 2.80 bits per heavy atom. The van der Waals surface area contributed by atoms with Gasteiger partial charge in [0.2, 0.25) is 0 Å². The van der Waals surface area contributed by atoms with Crippen molar-refractivity contribution in [2.24, 2.45) is 11.8 Å². The van der Waals surface area contributed by atoms with Crippen LogP contribution in [0.4, 0.5) is 0 Å². The van der Waals surface area contributed by atoms with Gasteiger partial charge in [0, 0.05) is 19.2 Å². The summed E-state index contributed by atoms with van der Waals surface area (Å²) in [5, 5.41) is 13.5. The molecule has 0 spiro atoms. The highest BCUT2D eigenvalue weighted by molar-refractivity contribution is 4.77. The standard InChI is InChI=1S/C16H31NO3/c1-12-5-3-4-6-16(12)20-11-15(18)9-17-13(2)14-7-8-19-10-14/h12-18H,3-11H2,1-2H3. The van der Waals surface area contributed by atoms with Crippen molar-refractivity contribution in [3.05, 3.63) is 0 Å². The summed E-state index contributed by atoms with van der Waals surface area (Å²) < 4.78 is 11.3. The number of ether oxygens (including phenoxy) is 2. The van der Waals surface area contributed by atoms with E-state index in [1.165, 1.54) is 19.3 Å². The molecule has 0 aromatic rings. The predicted octanol–water partition coefficient (Wildman–Crippen LogP) is 1.96. The van der Waals surface area contributed by atoms with Gasteiger partial charge in [-0.3, -0.25) is 0 Å². The summed E-state index contributed by atoms with van der Waals surface area (Å²) in [6.45, 7) is 7.23. The molecule has 2 fully saturated rings. The zero-order chi connectivity index (χ0) is 14.4. The van der Waals surface area contributed by atoms with Gasteiger partial charge in [0.25, 0.3) is 0 Å². The Morgan fingerprint density at radius 2 is 2.10 bits per heavy atom. The monoisotopic (exact) mass is 285 g/mol. The zero-order valence-electron chi connectivity index (χ0n) is 13.0. The number of aliphatic hydroxyl groups excluding tert-OH is 1. The van der Waals surface area contributed by atoms with Crippen molar-refractivity contribution in [3.8, 4) is 0 Å². The number of rotatable bonds is 7. The molecule has 5 unspecified atom stereocenters. The van der Waals surface area contributed by atoms with Gasteiger partial charge in [-0.25, -0.2) is 0 Å². The highest BCUT2D eigenvalue weighted by Gasteiger charge is 2.24. The number of hydrogen-bond acceptors (Lipinski definition) is 4. The molecule has 1 aliphatic heterocycles. The third-order valence-corrected chi connectivity index (χ3v) is 4.88. The molecule has 4 nitrogen and oxygen atoms in total. The van der Waals surface area contributed by atoms with Crippen molar-refractivity contribution in [2.45, 2.75) is 64.2 Å². The van der Waals surface area contributed by atoms with E-state index < -0.39 is 6.10 Å². The van der Waals surface area contributed by atoms with E-state index in [9.17, 15) is 5.11 Å². The predicted molar refractivity (Wildman–Crippen MR) is 79.8 cm³/mol. The molecule has 1 saturated heterocycles. The molecule has 1 saturated carbocycles. The third-order valence-electron chi connectivity index (χ3n) is 4.88. The Bertz CT molecular complexity index is 268. The van der Waals surface area contributed by atoms with E-state index in [2.05, 4.69) is 19.2 Å². The van der Waals surface area contributed by atoms with Gasteiger partial charge in [-0.15, -0.1) is 0 Å². The molecular formula is C16H31NO3. The first kappa shape index (κ1) is 16.2. The summed E-state index contributed by atoms with van der Waals surface area (Å²) in [6.07, 6.45) is 6.07. The largest absolute Gasteiger partial charge is 0.389 e. The second-order valence-electron chi connectivity index (χ2n) is 6.61. The fourth-order valence-corrected chi connectivity index (χ4v) is 3.26. The van der Waals surface area contributed by atoms with Gasteiger partial charge in [-0.2, -0.15) is 0 Å². The fraction of sp³-hybridized carbons (Fsp3) is 1.00. The molecular weight excluding hydrogens is 254 g/mol. The van der Waals surface area contributed by atoms with Crippen LogP contribution < -0.4 is 5.32 Å². The van der Waals surface area contributed by atoms with Crippen LogP contribution >= 0.6 is 0 Å². The lowest BCUT2D eigenvalue weighted by Gasteiger charge is -2.30. The van der Waals surface area contributed by atoms with Gasteiger partial charge in [0.15, 0.2) is 0 Å². The van der Waals surface area contributed by atoms with Crippen LogP contribution in [0.3, 0.4) is 0 Å². The van der Waals surface area contributed by atoms with E-state index in [1.807, 2.05) is 0 Å². The molecule has 0 amide bonds. The second-order valence-corrected chi connectivity index (χ2v) is 6.61. The summed E-state index contributed by atoms with van der Waals surface area (Å²) in [5.41, 5.74) is 0. The molecule has 1 heterocycles. The Kier molecular flexibility index (Phi) is 6.75. The van der Waals surface area contributed by atoms with Crippen molar-refractivity contribution < 1.29 is 14.6 Å². The molecule has 1 aliphatic carbocycles. The Labute approximate surface area is 123 Å². The summed E-state index contributed by atoms with van der Waals surface area (Å²) >= 11 is 0. The lowest BCUT2D eigenvalue weighted by Crippen LogP contribution is -2.41. The van der Waals surface area contributed by atoms with Crippen molar-refractivity contribution in [3.63, 3.8) is 0 Å². The van der Waals surface area contributed by atoms with Gasteiger partial charge < -0.3 is 19.9 Å². The Balaban J connectivity index is 1.58. The smallest absolute Gasteiger partial charge is 0.0897 e. The molecule has 2 aliphatic rings. The van der Waals surface area contributed by atoms with E-state index in [4.69, 9.17) is 9.47 Å². The minimum Gasteiger partial charge on any atom is -0.389 e. The first-order valence-corrected chi connectivity index (χ1v) is 8.27. The molecule has 0 radical (unpaired) electrons. The topological polar surface area (TPSA) is 50.7 Å². The van der Waals surface area contributed by atoms with Crippen LogP contribution in [0, 0.1) is 11.8 Å². The van der Waals surface area contributed by atoms with Crippen LogP contribution in [-0.4, -0.2) is 49.7 Å². The first-order valence-electron chi connectivity index (χ1n) is 8.27. The molecule has 118 valence electrons. The average Bonchev–Trinajstić information content (AvgIpc) is 2.98. The van der Waals surface area contributed by atoms with Gasteiger partial charge in [0.1, 0.15) is 0 Å². The molecule has 0 aromatic heterocycles. The number of aliphatic hydroxyl groups is 1. The Morgan fingerprint density at radius 1 is 1.30 bits per heavy atom. The average molecular weight is 285 g/mol. The minimum absolute atomic E-state index is 0.346. The van der Waals surface area contributed by atoms with Crippen molar-refractivity contribution in [2.75, 3.05) is 26.4 Å². The van der Waals surface area contributed by atoms with Crippen molar-refractivity contribution in [1.29, 1.82) is 0 Å². The second kappa shape index (κ2) is 8.32. The van der Waals surface area contributed by atoms with Gasteiger partial charge in [-0.1, -0.05) is 19.8 Å². The zero-order valence-corrected chi connectivity index (χ0v) is 13.0. The minimum atomic E-state index is -0.408. The van der Waals surface area contributed by atoms with E-state index in [-0.39, 0.29) is 0 Å². The molecule has 2 N–H and O–H groups in total. The fourth-order valence-electron chi connectivity index (χ4n) is 3.26. The maximum atomic E-state index is 10.0. The van der Waals surface area contributed by atoms with E-state index in [1.54, 1.807) is 0 Å². The summed E-state index contributed by atoms with van der Waals surface area (Å²) in [7, 11) is 0. The van der Waals surface area contributed by atoms with E-state index in [0.717, 1.165) is 26.1 Å². The summed E-state index contributed by atoms with van der Waals surface area (Å²) in [5.74, 6) is 1.22. The van der Waals surface area contributed by atoms with Crippen molar-refractivity contribution in [1.82, 2.24) is 5.32 Å². The normalized spacial score (nSPS) is 34.0. The molecule has 0 bridgehead atoms. The van der Waals surface area contributed by atoms with Gasteiger partial charge in [-0.05, 0) is 38.0 Å². The lowest BCUT2D eigenvalue weighted by atomic mass is 9.88. The number of hydrogen-bond donors (Lipinski definition) is 2. The highest BCUT2D eigenvalue weighted by atomic mass is 16.5. The lowest BCUT2D eigenvalue weighted by molar-refractivity contribution is -0.0458. The molecule has 4 heteroatoms. The Hall–Kier alpha value is -0.160.